The smallest absolute Gasteiger partial charge is 0.393 e. The van der Waals surface area contributed by atoms with Gasteiger partial charge in [0.05, 0.1) is 17.4 Å². The second-order valence-corrected chi connectivity index (χ2v) is 6.20. The monoisotopic (exact) mass is 373 g/mol. The lowest BCUT2D eigenvalue weighted by molar-refractivity contribution is -0.137. The lowest BCUT2D eigenvalue weighted by atomic mass is 10.1. The Balaban J connectivity index is 1.85. The van der Waals surface area contributed by atoms with Crippen LogP contribution in [0.5, 0.6) is 0 Å². The van der Waals surface area contributed by atoms with Gasteiger partial charge < -0.3 is 10.4 Å². The van der Waals surface area contributed by atoms with Gasteiger partial charge in [-0.25, -0.2) is 9.97 Å². The second-order valence-electron chi connectivity index (χ2n) is 6.20. The van der Waals surface area contributed by atoms with Gasteiger partial charge >= 0.3 is 6.18 Å². The Morgan fingerprint density at radius 2 is 1.74 bits per heavy atom. The van der Waals surface area contributed by atoms with Crippen molar-refractivity contribution in [1.82, 2.24) is 9.97 Å². The van der Waals surface area contributed by atoms with Gasteiger partial charge in [0.25, 0.3) is 0 Å². The molecule has 2 aromatic carbocycles. The molecule has 4 nitrogen and oxygen atoms in total. The van der Waals surface area contributed by atoms with Gasteiger partial charge in [-0.15, -0.1) is 0 Å². The molecular formula is C20H18F3N3O. The molecule has 0 bridgehead atoms. The van der Waals surface area contributed by atoms with Gasteiger partial charge in [-0.2, -0.15) is 13.2 Å². The summed E-state index contributed by atoms with van der Waals surface area (Å²) in [6.07, 6.45) is -3.02. The lowest BCUT2D eigenvalue weighted by Gasteiger charge is -2.13. The van der Waals surface area contributed by atoms with Crippen LogP contribution < -0.4 is 5.32 Å². The minimum absolute atomic E-state index is 0.485. The Morgan fingerprint density at radius 1 is 1.04 bits per heavy atom. The van der Waals surface area contributed by atoms with Crippen molar-refractivity contribution in [3.8, 4) is 11.3 Å². The Kier molecular flexibility index (Phi) is 5.41. The van der Waals surface area contributed by atoms with Crippen molar-refractivity contribution in [2.24, 2.45) is 0 Å². The van der Waals surface area contributed by atoms with Gasteiger partial charge in [0.2, 0.25) is 0 Å². The number of nitrogens with zero attached hydrogens (tertiary/aromatic N) is 2. The maximum atomic E-state index is 12.7. The molecule has 27 heavy (non-hydrogen) atoms. The molecule has 0 aliphatic heterocycles. The fourth-order valence-corrected chi connectivity index (χ4v) is 2.69. The van der Waals surface area contributed by atoms with Gasteiger partial charge in [0.15, 0.2) is 0 Å². The molecule has 0 saturated carbocycles. The minimum Gasteiger partial charge on any atom is -0.393 e. The highest BCUT2D eigenvalue weighted by atomic mass is 19.4. The molecule has 7 heteroatoms. The first-order valence-corrected chi connectivity index (χ1v) is 8.35. The summed E-state index contributed by atoms with van der Waals surface area (Å²) in [7, 11) is 0. The number of nitrogens with one attached hydrogen (secondary N) is 1. The fraction of sp³-hybridized carbons (Fsp3) is 0.200. The van der Waals surface area contributed by atoms with E-state index in [9.17, 15) is 18.3 Å². The number of para-hydroxylation sites is 1. The largest absolute Gasteiger partial charge is 0.416 e. The van der Waals surface area contributed by atoms with Gasteiger partial charge in [0, 0.05) is 23.7 Å². The van der Waals surface area contributed by atoms with Crippen molar-refractivity contribution in [3.05, 3.63) is 72.1 Å². The molecule has 1 atom stereocenters. The number of halogens is 3. The van der Waals surface area contributed by atoms with Crippen molar-refractivity contribution in [1.29, 1.82) is 0 Å². The van der Waals surface area contributed by atoms with Crippen LogP contribution in [0.3, 0.4) is 0 Å². The standard InChI is InChI=1S/C20H18F3N3O/c1-13(27)10-15-4-2-3-5-17(15)26-19-11-18(24-12-25-19)14-6-8-16(9-7-14)20(21,22)23/h2-9,11-13,27H,10H2,1H3,(H,24,25,26). The van der Waals surface area contributed by atoms with Crippen molar-refractivity contribution in [2.75, 3.05) is 5.32 Å². The predicted octanol–water partition coefficient (Wildman–Crippen LogP) is 4.83. The molecule has 0 spiro atoms. The lowest BCUT2D eigenvalue weighted by Crippen LogP contribution is -2.07. The number of hydrogen-bond acceptors (Lipinski definition) is 4. The molecule has 3 aromatic rings. The average molecular weight is 373 g/mol. The highest BCUT2D eigenvalue weighted by Crippen LogP contribution is 2.31. The molecular weight excluding hydrogens is 355 g/mol. The summed E-state index contributed by atoms with van der Waals surface area (Å²) in [5.41, 5.74) is 2.10. The molecule has 0 aliphatic rings. The number of hydrogen-bond donors (Lipinski definition) is 2. The van der Waals surface area contributed by atoms with Crippen LogP contribution in [0.15, 0.2) is 60.9 Å². The summed E-state index contributed by atoms with van der Waals surface area (Å²) in [4.78, 5) is 8.31. The molecule has 1 aromatic heterocycles. The van der Waals surface area contributed by atoms with E-state index in [-0.39, 0.29) is 0 Å². The van der Waals surface area contributed by atoms with Gasteiger partial charge in [-0.05, 0) is 30.7 Å². The van der Waals surface area contributed by atoms with Crippen LogP contribution in [-0.4, -0.2) is 21.2 Å². The molecule has 0 saturated heterocycles. The molecule has 0 amide bonds. The van der Waals surface area contributed by atoms with Gasteiger partial charge in [-0.1, -0.05) is 30.3 Å². The fourth-order valence-electron chi connectivity index (χ4n) is 2.69. The first-order valence-electron chi connectivity index (χ1n) is 8.35. The molecule has 0 radical (unpaired) electrons. The van der Waals surface area contributed by atoms with E-state index >= 15 is 0 Å². The maximum Gasteiger partial charge on any atom is 0.416 e. The molecule has 2 N–H and O–H groups in total. The van der Waals surface area contributed by atoms with Crippen LogP contribution in [0.2, 0.25) is 0 Å². The second kappa shape index (κ2) is 7.75. The van der Waals surface area contributed by atoms with Crippen LogP contribution in [0.4, 0.5) is 24.7 Å². The third kappa shape index (κ3) is 4.83. The number of benzene rings is 2. The summed E-state index contributed by atoms with van der Waals surface area (Å²) < 4.78 is 38.1. The van der Waals surface area contributed by atoms with Crippen molar-refractivity contribution in [3.63, 3.8) is 0 Å². The normalized spacial score (nSPS) is 12.6. The van der Waals surface area contributed by atoms with Gasteiger partial charge in [0.1, 0.15) is 12.1 Å². The maximum absolute atomic E-state index is 12.7. The van der Waals surface area contributed by atoms with E-state index in [1.165, 1.54) is 18.5 Å². The van der Waals surface area contributed by atoms with Crippen LogP contribution in [0, 0.1) is 0 Å². The number of alkyl halides is 3. The SMILES string of the molecule is CC(O)Cc1ccccc1Nc1cc(-c2ccc(C(F)(F)F)cc2)ncn1. The third-order valence-electron chi connectivity index (χ3n) is 3.97. The van der Waals surface area contributed by atoms with Crippen LogP contribution in [0.25, 0.3) is 11.3 Å². The minimum atomic E-state index is -4.37. The summed E-state index contributed by atoms with van der Waals surface area (Å²) >= 11 is 0. The van der Waals surface area contributed by atoms with E-state index in [0.717, 1.165) is 23.4 Å². The van der Waals surface area contributed by atoms with Crippen LogP contribution in [0.1, 0.15) is 18.1 Å². The summed E-state index contributed by atoms with van der Waals surface area (Å²) in [6.45, 7) is 1.71. The number of aromatic nitrogens is 2. The third-order valence-corrected chi connectivity index (χ3v) is 3.97. The molecule has 0 fully saturated rings. The van der Waals surface area contributed by atoms with E-state index in [4.69, 9.17) is 0 Å². The first-order chi connectivity index (χ1) is 12.8. The zero-order valence-corrected chi connectivity index (χ0v) is 14.5. The number of aliphatic hydroxyl groups excluding tert-OH is 1. The highest BCUT2D eigenvalue weighted by molar-refractivity contribution is 5.67. The number of aliphatic hydroxyl groups is 1. The van der Waals surface area contributed by atoms with E-state index < -0.39 is 17.8 Å². The van der Waals surface area contributed by atoms with Gasteiger partial charge in [-0.3, -0.25) is 0 Å². The summed E-state index contributed by atoms with van der Waals surface area (Å²) in [5.74, 6) is 0.512. The number of anilines is 2. The average Bonchev–Trinajstić information content (AvgIpc) is 2.63. The van der Waals surface area contributed by atoms with Crippen molar-refractivity contribution >= 4 is 11.5 Å². The van der Waals surface area contributed by atoms with E-state index in [2.05, 4.69) is 15.3 Å². The molecule has 140 valence electrons. The zero-order chi connectivity index (χ0) is 19.4. The molecule has 0 aliphatic carbocycles. The quantitative estimate of drug-likeness (QED) is 0.673. The Hall–Kier alpha value is -2.93. The molecule has 1 unspecified atom stereocenters. The van der Waals surface area contributed by atoms with Crippen LogP contribution in [-0.2, 0) is 12.6 Å². The topological polar surface area (TPSA) is 58.0 Å². The Bertz CT molecular complexity index is 909. The molecule has 3 rings (SSSR count). The van der Waals surface area contributed by atoms with Crippen LogP contribution >= 0.6 is 0 Å². The summed E-state index contributed by atoms with van der Waals surface area (Å²) in [5, 5.41) is 12.8. The van der Waals surface area contributed by atoms with Crippen molar-refractivity contribution < 1.29 is 18.3 Å². The summed E-state index contributed by atoms with van der Waals surface area (Å²) in [6, 6.07) is 14.0. The van der Waals surface area contributed by atoms with E-state index in [1.54, 1.807) is 13.0 Å². The Morgan fingerprint density at radius 3 is 2.41 bits per heavy atom. The van der Waals surface area contributed by atoms with E-state index in [0.29, 0.717) is 23.5 Å². The van der Waals surface area contributed by atoms with Crippen molar-refractivity contribution in [2.45, 2.75) is 25.6 Å². The van der Waals surface area contributed by atoms with E-state index in [1.807, 2.05) is 24.3 Å². The predicted molar refractivity (Wildman–Crippen MR) is 97.6 cm³/mol. The first kappa shape index (κ1) is 18.8. The zero-order valence-electron chi connectivity index (χ0n) is 14.5. The Labute approximate surface area is 154 Å². The highest BCUT2D eigenvalue weighted by Gasteiger charge is 2.30. The molecule has 1 heterocycles. The number of rotatable bonds is 5.